The number of ketones is 1. The lowest BCUT2D eigenvalue weighted by molar-refractivity contribution is -0.00352. The van der Waals surface area contributed by atoms with Crippen LogP contribution in [0.2, 0.25) is 0 Å². The van der Waals surface area contributed by atoms with Crippen LogP contribution in [-0.2, 0) is 9.47 Å². The van der Waals surface area contributed by atoms with E-state index >= 15 is 0 Å². The Morgan fingerprint density at radius 1 is 1.18 bits per heavy atom. The van der Waals surface area contributed by atoms with Gasteiger partial charge in [0.25, 0.3) is 0 Å². The zero-order valence-electron chi connectivity index (χ0n) is 20.1. The molecule has 0 N–H and O–H groups in total. The number of aryl methyl sites for hydroxylation is 1. The van der Waals surface area contributed by atoms with Crippen LogP contribution in [0.25, 0.3) is 0 Å². The summed E-state index contributed by atoms with van der Waals surface area (Å²) in [5, 5.41) is 0. The van der Waals surface area contributed by atoms with Gasteiger partial charge in [0.1, 0.15) is 5.75 Å². The molecule has 4 heteroatoms. The normalized spacial score (nSPS) is 29.4. The molecular formula is C29H36O4. The van der Waals surface area contributed by atoms with Crippen molar-refractivity contribution in [2.45, 2.75) is 58.2 Å². The van der Waals surface area contributed by atoms with E-state index in [2.05, 4.69) is 18.7 Å². The second-order valence-corrected chi connectivity index (χ2v) is 9.29. The molecule has 0 aromatic heterocycles. The molecule has 1 saturated heterocycles. The van der Waals surface area contributed by atoms with E-state index in [1.54, 1.807) is 7.11 Å². The predicted molar refractivity (Wildman–Crippen MR) is 131 cm³/mol. The fourth-order valence-electron chi connectivity index (χ4n) is 5.56. The van der Waals surface area contributed by atoms with Gasteiger partial charge < -0.3 is 14.2 Å². The highest BCUT2D eigenvalue weighted by molar-refractivity contribution is 6.02. The third-order valence-corrected chi connectivity index (χ3v) is 7.24. The summed E-state index contributed by atoms with van der Waals surface area (Å²) in [6, 6.07) is 5.85. The minimum absolute atomic E-state index is 0.0217. The minimum atomic E-state index is -0.0217. The van der Waals surface area contributed by atoms with E-state index < -0.39 is 0 Å². The molecule has 4 rings (SSSR count). The summed E-state index contributed by atoms with van der Waals surface area (Å²) in [4.78, 5) is 13.5. The monoisotopic (exact) mass is 448 g/mol. The number of carbonyl (C=O) groups excluding carboxylic acids is 1. The maximum absolute atomic E-state index is 13.5. The highest BCUT2D eigenvalue weighted by Crippen LogP contribution is 2.54. The first-order valence-corrected chi connectivity index (χ1v) is 12.3. The number of carbonyl (C=O) groups is 1. The van der Waals surface area contributed by atoms with Crippen molar-refractivity contribution in [2.75, 3.05) is 20.3 Å². The van der Waals surface area contributed by atoms with Crippen LogP contribution >= 0.6 is 0 Å². The minimum Gasteiger partial charge on any atom is -0.496 e. The third kappa shape index (κ3) is 5.58. The molecule has 33 heavy (non-hydrogen) atoms. The van der Waals surface area contributed by atoms with E-state index in [1.807, 2.05) is 49.4 Å². The van der Waals surface area contributed by atoms with E-state index in [0.717, 1.165) is 48.8 Å². The van der Waals surface area contributed by atoms with Gasteiger partial charge in [-0.2, -0.15) is 0 Å². The van der Waals surface area contributed by atoms with E-state index in [-0.39, 0.29) is 23.9 Å². The van der Waals surface area contributed by atoms with E-state index in [1.165, 1.54) is 0 Å². The fraction of sp³-hybridized carbons (Fsp3) is 0.517. The Labute approximate surface area is 198 Å². The molecule has 0 amide bonds. The van der Waals surface area contributed by atoms with Crippen molar-refractivity contribution in [1.82, 2.24) is 0 Å². The Morgan fingerprint density at radius 2 is 2.03 bits per heavy atom. The number of ether oxygens (including phenoxy) is 3. The Kier molecular flexibility index (Phi) is 8.03. The van der Waals surface area contributed by atoms with Gasteiger partial charge in [-0.3, -0.25) is 4.79 Å². The molecule has 1 saturated carbocycles. The quantitative estimate of drug-likeness (QED) is 0.395. The lowest BCUT2D eigenvalue weighted by Gasteiger charge is -2.24. The molecule has 2 fully saturated rings. The maximum atomic E-state index is 13.5. The average molecular weight is 449 g/mol. The van der Waals surface area contributed by atoms with Gasteiger partial charge in [0.05, 0.1) is 24.9 Å². The molecule has 0 radical (unpaired) electrons. The second kappa shape index (κ2) is 11.2. The summed E-state index contributed by atoms with van der Waals surface area (Å²) in [6.07, 6.45) is 15.1. The number of rotatable bonds is 6. The highest BCUT2D eigenvalue weighted by Gasteiger charge is 2.53. The van der Waals surface area contributed by atoms with Crippen LogP contribution in [0.15, 0.2) is 59.9 Å². The van der Waals surface area contributed by atoms with Crippen LogP contribution in [0.4, 0.5) is 0 Å². The van der Waals surface area contributed by atoms with E-state index in [0.29, 0.717) is 30.8 Å². The first-order chi connectivity index (χ1) is 16.1. The average Bonchev–Trinajstić information content (AvgIpc) is 3.56. The Bertz CT molecular complexity index is 966. The molecule has 5 unspecified atom stereocenters. The molecule has 2 aliphatic carbocycles. The van der Waals surface area contributed by atoms with Gasteiger partial charge in [-0.05, 0) is 74.3 Å². The number of Topliss-reactive ketones (excluding diaryl/α,β-unsaturated/α-hetero) is 1. The van der Waals surface area contributed by atoms with Gasteiger partial charge >= 0.3 is 0 Å². The van der Waals surface area contributed by atoms with Crippen LogP contribution in [0, 0.1) is 24.7 Å². The van der Waals surface area contributed by atoms with Gasteiger partial charge in [0, 0.05) is 25.6 Å². The lowest BCUT2D eigenvalue weighted by Crippen LogP contribution is -2.25. The SMILES string of the molecule is CCOC1CCCC2C(CCOC(C3=CC=CC=C=C3)C1)C2C(=O)c1cccc(C)c1OC. The molecule has 1 aromatic carbocycles. The van der Waals surface area contributed by atoms with E-state index in [9.17, 15) is 4.79 Å². The summed E-state index contributed by atoms with van der Waals surface area (Å²) in [5.74, 6) is 1.81. The highest BCUT2D eigenvalue weighted by atomic mass is 16.5. The summed E-state index contributed by atoms with van der Waals surface area (Å²) in [6.45, 7) is 5.40. The van der Waals surface area contributed by atoms with Gasteiger partial charge in [0.2, 0.25) is 0 Å². The number of para-hydroxylation sites is 1. The number of allylic oxidation sites excluding steroid dienone is 3. The summed E-state index contributed by atoms with van der Waals surface area (Å²) in [5.41, 5.74) is 6.07. The van der Waals surface area contributed by atoms with Gasteiger partial charge in [-0.1, -0.05) is 36.8 Å². The Balaban J connectivity index is 1.50. The first-order valence-electron chi connectivity index (χ1n) is 12.3. The largest absolute Gasteiger partial charge is 0.496 e. The molecule has 1 heterocycles. The van der Waals surface area contributed by atoms with Gasteiger partial charge in [-0.15, -0.1) is 5.73 Å². The molecular weight excluding hydrogens is 412 g/mol. The van der Waals surface area contributed by atoms with Crippen LogP contribution in [0.5, 0.6) is 5.75 Å². The lowest BCUT2D eigenvalue weighted by atomic mass is 9.97. The van der Waals surface area contributed by atoms with Crippen molar-refractivity contribution in [1.29, 1.82) is 0 Å². The van der Waals surface area contributed by atoms with Gasteiger partial charge in [0.15, 0.2) is 5.78 Å². The maximum Gasteiger partial charge on any atom is 0.170 e. The van der Waals surface area contributed by atoms with Crippen LogP contribution in [-0.4, -0.2) is 38.3 Å². The van der Waals surface area contributed by atoms with Gasteiger partial charge in [-0.25, -0.2) is 0 Å². The molecule has 0 bridgehead atoms. The number of fused-ring (bicyclic) bond motifs is 1. The smallest absolute Gasteiger partial charge is 0.170 e. The van der Waals surface area contributed by atoms with Crippen molar-refractivity contribution in [2.24, 2.45) is 17.8 Å². The first kappa shape index (κ1) is 23.8. The topological polar surface area (TPSA) is 44.8 Å². The molecule has 3 aliphatic rings. The molecule has 4 nitrogen and oxygen atoms in total. The standard InChI is InChI=1S/C29H36O4/c1-4-32-22-14-10-15-23-24(17-18-33-26(19-22)21-12-7-5-6-8-13-21)27(23)28(30)25-16-9-11-20(2)29(25)31-3/h5-7,9,11-13,16,22-24,26-27H,4,10,14-15,17-19H2,1-3H3. The number of hydrogen-bond donors (Lipinski definition) is 0. The van der Waals surface area contributed by atoms with Crippen molar-refractivity contribution >= 4 is 5.78 Å². The molecule has 5 atom stereocenters. The predicted octanol–water partition coefficient (Wildman–Crippen LogP) is 6.01. The van der Waals surface area contributed by atoms with Crippen molar-refractivity contribution in [3.63, 3.8) is 0 Å². The van der Waals surface area contributed by atoms with Crippen molar-refractivity contribution < 1.29 is 19.0 Å². The fourth-order valence-corrected chi connectivity index (χ4v) is 5.56. The summed E-state index contributed by atoms with van der Waals surface area (Å²) in [7, 11) is 1.65. The summed E-state index contributed by atoms with van der Waals surface area (Å²) >= 11 is 0. The van der Waals surface area contributed by atoms with E-state index in [4.69, 9.17) is 14.2 Å². The zero-order chi connectivity index (χ0) is 23.2. The molecule has 1 aromatic rings. The second-order valence-electron chi connectivity index (χ2n) is 9.29. The van der Waals surface area contributed by atoms with Crippen molar-refractivity contribution in [3.05, 3.63) is 71.0 Å². The summed E-state index contributed by atoms with van der Waals surface area (Å²) < 4.78 is 18.1. The Hall–Kier alpha value is -2.39. The van der Waals surface area contributed by atoms with Crippen molar-refractivity contribution in [3.8, 4) is 5.75 Å². The number of benzene rings is 1. The number of hydrogen-bond acceptors (Lipinski definition) is 4. The molecule has 0 spiro atoms. The zero-order valence-corrected chi connectivity index (χ0v) is 20.1. The van der Waals surface area contributed by atoms with Crippen LogP contribution in [0.1, 0.15) is 54.9 Å². The molecule has 176 valence electrons. The Morgan fingerprint density at radius 3 is 2.85 bits per heavy atom. The third-order valence-electron chi connectivity index (χ3n) is 7.24. The number of methoxy groups -OCH3 is 1. The molecule has 1 aliphatic heterocycles. The van der Waals surface area contributed by atoms with Crippen LogP contribution < -0.4 is 4.74 Å². The van der Waals surface area contributed by atoms with Crippen LogP contribution in [0.3, 0.4) is 0 Å².